The fourth-order valence-corrected chi connectivity index (χ4v) is 1.49. The average Bonchev–Trinajstić information content (AvgIpc) is 2.96. The van der Waals surface area contributed by atoms with Gasteiger partial charge in [-0.15, -0.1) is 0 Å². The van der Waals surface area contributed by atoms with E-state index in [1.165, 1.54) is 0 Å². The average molecular weight is 192 g/mol. The first-order valence-electron chi connectivity index (χ1n) is 4.64. The lowest BCUT2D eigenvalue weighted by atomic mass is 10.3. The maximum Gasteiger partial charge on any atom is 0.306 e. The van der Waals surface area contributed by atoms with Crippen molar-refractivity contribution >= 4 is 11.7 Å². The van der Waals surface area contributed by atoms with Crippen LogP contribution in [0.15, 0.2) is 24.5 Å². The molecule has 4 nitrogen and oxygen atoms in total. The molecule has 2 atom stereocenters. The lowest BCUT2D eigenvalue weighted by Crippen LogP contribution is -2.08. The molecule has 1 fully saturated rings. The second kappa shape index (κ2) is 3.65. The summed E-state index contributed by atoms with van der Waals surface area (Å²) in [5.74, 6) is -0.517. The van der Waals surface area contributed by atoms with Gasteiger partial charge in [-0.25, -0.2) is 0 Å². The van der Waals surface area contributed by atoms with Crippen LogP contribution in [0.5, 0.6) is 0 Å². The van der Waals surface area contributed by atoms with E-state index in [0.29, 0.717) is 5.92 Å². The molecule has 1 aliphatic carbocycles. The van der Waals surface area contributed by atoms with Gasteiger partial charge in [0.1, 0.15) is 0 Å². The number of rotatable bonds is 4. The monoisotopic (exact) mass is 192 g/mol. The number of anilines is 1. The van der Waals surface area contributed by atoms with Crippen molar-refractivity contribution in [2.75, 3.05) is 11.9 Å². The van der Waals surface area contributed by atoms with Crippen LogP contribution in [0.2, 0.25) is 0 Å². The van der Waals surface area contributed by atoms with Crippen LogP contribution < -0.4 is 5.32 Å². The van der Waals surface area contributed by atoms with Gasteiger partial charge in [0, 0.05) is 24.6 Å². The Labute approximate surface area is 82.0 Å². The number of carboxylic acid groups (broad SMARTS) is 1. The van der Waals surface area contributed by atoms with Gasteiger partial charge in [-0.1, -0.05) is 0 Å². The van der Waals surface area contributed by atoms with Crippen LogP contribution in [-0.2, 0) is 4.79 Å². The van der Waals surface area contributed by atoms with Gasteiger partial charge in [0.05, 0.1) is 5.92 Å². The molecule has 2 unspecified atom stereocenters. The molecule has 0 spiro atoms. The molecular formula is C10H12N2O2. The van der Waals surface area contributed by atoms with Crippen LogP contribution in [0.4, 0.5) is 5.69 Å². The number of hydrogen-bond donors (Lipinski definition) is 2. The summed E-state index contributed by atoms with van der Waals surface area (Å²) in [7, 11) is 0. The molecule has 1 aromatic rings. The molecule has 0 amide bonds. The molecule has 74 valence electrons. The van der Waals surface area contributed by atoms with Crippen LogP contribution in [0, 0.1) is 11.8 Å². The number of pyridine rings is 1. The Morgan fingerprint density at radius 2 is 2.29 bits per heavy atom. The van der Waals surface area contributed by atoms with Crippen molar-refractivity contribution in [3.05, 3.63) is 24.5 Å². The molecule has 0 saturated heterocycles. The summed E-state index contributed by atoms with van der Waals surface area (Å²) in [6, 6.07) is 3.75. The number of nitrogens with one attached hydrogen (secondary N) is 1. The Morgan fingerprint density at radius 1 is 1.57 bits per heavy atom. The van der Waals surface area contributed by atoms with Crippen molar-refractivity contribution in [3.8, 4) is 0 Å². The normalized spacial score (nSPS) is 24.3. The largest absolute Gasteiger partial charge is 0.481 e. The smallest absolute Gasteiger partial charge is 0.306 e. The Morgan fingerprint density at radius 3 is 2.86 bits per heavy atom. The lowest BCUT2D eigenvalue weighted by Gasteiger charge is -2.03. The quantitative estimate of drug-likeness (QED) is 0.752. The Kier molecular flexibility index (Phi) is 2.35. The van der Waals surface area contributed by atoms with Crippen LogP contribution in [-0.4, -0.2) is 22.6 Å². The molecule has 1 aliphatic rings. The standard InChI is InChI=1S/C10H12N2O2/c13-10(14)9-5-7(9)6-12-8-1-3-11-4-2-8/h1-4,7,9H,5-6H2,(H,11,12)(H,13,14). The number of aromatic nitrogens is 1. The Hall–Kier alpha value is -1.58. The minimum atomic E-state index is -0.675. The van der Waals surface area contributed by atoms with Gasteiger partial charge < -0.3 is 10.4 Å². The molecule has 0 aliphatic heterocycles. The molecule has 1 heterocycles. The molecule has 0 bridgehead atoms. The second-order valence-electron chi connectivity index (χ2n) is 3.56. The van der Waals surface area contributed by atoms with Crippen molar-refractivity contribution in [3.63, 3.8) is 0 Å². The highest BCUT2D eigenvalue weighted by Gasteiger charge is 2.42. The van der Waals surface area contributed by atoms with Gasteiger partial charge in [0.25, 0.3) is 0 Å². The van der Waals surface area contributed by atoms with Crippen LogP contribution >= 0.6 is 0 Å². The number of aliphatic carboxylic acids is 1. The number of hydrogen-bond acceptors (Lipinski definition) is 3. The maximum absolute atomic E-state index is 10.5. The summed E-state index contributed by atoms with van der Waals surface area (Å²) < 4.78 is 0. The van der Waals surface area contributed by atoms with E-state index in [1.807, 2.05) is 12.1 Å². The fourth-order valence-electron chi connectivity index (χ4n) is 1.49. The van der Waals surface area contributed by atoms with Gasteiger partial charge in [-0.05, 0) is 24.5 Å². The third-order valence-electron chi connectivity index (χ3n) is 2.49. The first-order chi connectivity index (χ1) is 6.77. The number of carboxylic acids is 1. The zero-order chi connectivity index (χ0) is 9.97. The molecule has 2 N–H and O–H groups in total. The molecule has 2 rings (SSSR count). The van der Waals surface area contributed by atoms with E-state index in [2.05, 4.69) is 10.3 Å². The minimum absolute atomic E-state index is 0.135. The SMILES string of the molecule is O=C(O)C1CC1CNc1ccncc1. The maximum atomic E-state index is 10.5. The predicted octanol–water partition coefficient (Wildman–Crippen LogP) is 1.21. The summed E-state index contributed by atoms with van der Waals surface area (Å²) in [4.78, 5) is 14.4. The lowest BCUT2D eigenvalue weighted by molar-refractivity contribution is -0.138. The Bertz CT molecular complexity index is 326. The first-order valence-corrected chi connectivity index (χ1v) is 4.64. The summed E-state index contributed by atoms with van der Waals surface area (Å²) in [6.45, 7) is 0.737. The number of nitrogens with zero attached hydrogens (tertiary/aromatic N) is 1. The van der Waals surface area contributed by atoms with E-state index in [-0.39, 0.29) is 5.92 Å². The van der Waals surface area contributed by atoms with Crippen LogP contribution in [0.1, 0.15) is 6.42 Å². The predicted molar refractivity (Wildman–Crippen MR) is 52.0 cm³/mol. The molecule has 0 aromatic carbocycles. The second-order valence-corrected chi connectivity index (χ2v) is 3.56. The zero-order valence-electron chi connectivity index (χ0n) is 7.68. The molecule has 1 aromatic heterocycles. The zero-order valence-corrected chi connectivity index (χ0v) is 7.68. The van der Waals surface area contributed by atoms with E-state index < -0.39 is 5.97 Å². The topological polar surface area (TPSA) is 62.2 Å². The van der Waals surface area contributed by atoms with E-state index in [0.717, 1.165) is 18.7 Å². The van der Waals surface area contributed by atoms with Crippen LogP contribution in [0.25, 0.3) is 0 Å². The van der Waals surface area contributed by atoms with E-state index >= 15 is 0 Å². The molecule has 4 heteroatoms. The molecular weight excluding hydrogens is 180 g/mol. The highest BCUT2D eigenvalue weighted by atomic mass is 16.4. The van der Waals surface area contributed by atoms with E-state index in [9.17, 15) is 4.79 Å². The van der Waals surface area contributed by atoms with E-state index in [4.69, 9.17) is 5.11 Å². The summed E-state index contributed by atoms with van der Waals surface area (Å²) in [5, 5.41) is 11.9. The Balaban J connectivity index is 1.77. The number of carbonyl (C=O) groups is 1. The minimum Gasteiger partial charge on any atom is -0.481 e. The summed E-state index contributed by atoms with van der Waals surface area (Å²) in [6.07, 6.45) is 4.22. The fraction of sp³-hybridized carbons (Fsp3) is 0.400. The van der Waals surface area contributed by atoms with Crippen molar-refractivity contribution in [2.45, 2.75) is 6.42 Å². The molecule has 1 saturated carbocycles. The van der Waals surface area contributed by atoms with Crippen molar-refractivity contribution in [1.82, 2.24) is 4.98 Å². The third-order valence-corrected chi connectivity index (χ3v) is 2.49. The van der Waals surface area contributed by atoms with E-state index in [1.54, 1.807) is 12.4 Å². The highest BCUT2D eigenvalue weighted by Crippen LogP contribution is 2.38. The van der Waals surface area contributed by atoms with Gasteiger partial charge in [0.15, 0.2) is 0 Å². The van der Waals surface area contributed by atoms with Gasteiger partial charge in [0.2, 0.25) is 0 Å². The van der Waals surface area contributed by atoms with Crippen LogP contribution in [0.3, 0.4) is 0 Å². The molecule has 0 radical (unpaired) electrons. The van der Waals surface area contributed by atoms with Gasteiger partial charge in [-0.3, -0.25) is 9.78 Å². The van der Waals surface area contributed by atoms with Gasteiger partial charge in [-0.2, -0.15) is 0 Å². The molecule has 14 heavy (non-hydrogen) atoms. The third kappa shape index (κ3) is 2.02. The summed E-state index contributed by atoms with van der Waals surface area (Å²) >= 11 is 0. The highest BCUT2D eigenvalue weighted by molar-refractivity contribution is 5.73. The van der Waals surface area contributed by atoms with Crippen molar-refractivity contribution in [1.29, 1.82) is 0 Å². The van der Waals surface area contributed by atoms with Crippen molar-refractivity contribution < 1.29 is 9.90 Å². The first kappa shape index (κ1) is 8.99. The van der Waals surface area contributed by atoms with Gasteiger partial charge >= 0.3 is 5.97 Å². The summed E-state index contributed by atoms with van der Waals surface area (Å²) in [5.41, 5.74) is 0.996. The van der Waals surface area contributed by atoms with Crippen molar-refractivity contribution in [2.24, 2.45) is 11.8 Å².